The van der Waals surface area contributed by atoms with E-state index in [1.54, 1.807) is 0 Å². The number of thiocarbonyl (C=S) groups is 1. The number of carbonyl (C=O) groups is 1. The number of rotatable bonds is 1. The highest BCUT2D eigenvalue weighted by atomic mass is 32.1. The van der Waals surface area contributed by atoms with Gasteiger partial charge in [-0.3, -0.25) is 4.79 Å². The van der Waals surface area contributed by atoms with E-state index >= 15 is 0 Å². The van der Waals surface area contributed by atoms with E-state index in [-0.39, 0.29) is 11.9 Å². The Balaban J connectivity index is 2.50. The van der Waals surface area contributed by atoms with Crippen molar-refractivity contribution in [2.45, 2.75) is 25.8 Å². The molecule has 0 aromatic carbocycles. The number of nitrogens with one attached hydrogen (secondary N) is 2. The highest BCUT2D eigenvalue weighted by Crippen LogP contribution is 2.00. The van der Waals surface area contributed by atoms with Gasteiger partial charge in [-0.15, -0.1) is 0 Å². The minimum absolute atomic E-state index is 0.0237. The second kappa shape index (κ2) is 2.96. The second-order valence-corrected chi connectivity index (χ2v) is 2.74. The fourth-order valence-electron chi connectivity index (χ4n) is 0.920. The molecule has 1 aliphatic heterocycles. The summed E-state index contributed by atoms with van der Waals surface area (Å²) in [6.45, 7) is 2.03. The summed E-state index contributed by atoms with van der Waals surface area (Å²) in [5.74, 6) is 0.0237. The zero-order valence-electron chi connectivity index (χ0n) is 5.81. The molecule has 1 rings (SSSR count). The molecule has 1 saturated heterocycles. The van der Waals surface area contributed by atoms with Crippen LogP contribution in [0.3, 0.4) is 0 Å². The first-order valence-corrected chi connectivity index (χ1v) is 3.73. The Kier molecular flexibility index (Phi) is 2.21. The van der Waals surface area contributed by atoms with E-state index in [1.807, 2.05) is 6.92 Å². The van der Waals surface area contributed by atoms with E-state index in [2.05, 4.69) is 10.6 Å². The van der Waals surface area contributed by atoms with Crippen molar-refractivity contribution in [2.75, 3.05) is 0 Å². The predicted molar refractivity (Wildman–Crippen MR) is 42.6 cm³/mol. The minimum Gasteiger partial charge on any atom is -0.359 e. The molecule has 1 unspecified atom stereocenters. The molecule has 0 aromatic rings. The van der Waals surface area contributed by atoms with E-state index < -0.39 is 0 Å². The van der Waals surface area contributed by atoms with E-state index in [9.17, 15) is 4.79 Å². The van der Waals surface area contributed by atoms with Gasteiger partial charge in [-0.2, -0.15) is 0 Å². The average Bonchev–Trinajstić information content (AvgIpc) is 1.85. The van der Waals surface area contributed by atoms with Crippen LogP contribution in [0.4, 0.5) is 0 Å². The number of hydrogen-bond donors (Lipinski definition) is 2. The zero-order chi connectivity index (χ0) is 7.56. The Morgan fingerprint density at radius 3 is 3.00 bits per heavy atom. The molecular weight excluding hydrogens is 148 g/mol. The maximum atomic E-state index is 10.8. The van der Waals surface area contributed by atoms with Crippen molar-refractivity contribution in [1.29, 1.82) is 0 Å². The van der Waals surface area contributed by atoms with Crippen LogP contribution in [0.5, 0.6) is 0 Å². The Morgan fingerprint density at radius 1 is 1.80 bits per heavy atom. The van der Waals surface area contributed by atoms with Gasteiger partial charge in [0.05, 0.1) is 0 Å². The van der Waals surface area contributed by atoms with Crippen LogP contribution >= 0.6 is 12.2 Å². The van der Waals surface area contributed by atoms with Crippen LogP contribution in [0.25, 0.3) is 0 Å². The number of carbonyl (C=O) groups excluding carboxylic acids is 1. The lowest BCUT2D eigenvalue weighted by Gasteiger charge is -2.23. The van der Waals surface area contributed by atoms with Gasteiger partial charge in [0.25, 0.3) is 0 Å². The Hall–Kier alpha value is -0.640. The molecule has 4 heteroatoms. The Morgan fingerprint density at radius 2 is 2.50 bits per heavy atom. The van der Waals surface area contributed by atoms with Gasteiger partial charge in [-0.05, 0) is 18.6 Å². The van der Waals surface area contributed by atoms with Crippen molar-refractivity contribution in [3.05, 3.63) is 0 Å². The summed E-state index contributed by atoms with van der Waals surface area (Å²) in [7, 11) is 0. The highest BCUT2D eigenvalue weighted by Gasteiger charge is 2.18. The third kappa shape index (κ3) is 1.67. The fourth-order valence-corrected chi connectivity index (χ4v) is 1.20. The van der Waals surface area contributed by atoms with Crippen LogP contribution in [0.2, 0.25) is 0 Å². The molecule has 0 saturated carbocycles. The van der Waals surface area contributed by atoms with E-state index in [0.717, 1.165) is 6.42 Å². The van der Waals surface area contributed by atoms with E-state index in [1.165, 1.54) is 0 Å². The molecule has 0 aliphatic carbocycles. The molecule has 1 aliphatic rings. The summed E-state index contributed by atoms with van der Waals surface area (Å²) < 4.78 is 0. The third-order valence-corrected chi connectivity index (χ3v) is 1.73. The number of hydrogen-bond acceptors (Lipinski definition) is 2. The highest BCUT2D eigenvalue weighted by molar-refractivity contribution is 7.80. The van der Waals surface area contributed by atoms with Gasteiger partial charge in [-0.25, -0.2) is 0 Å². The molecule has 56 valence electrons. The van der Waals surface area contributed by atoms with Crippen molar-refractivity contribution in [3.63, 3.8) is 0 Å². The summed E-state index contributed by atoms with van der Waals surface area (Å²) >= 11 is 4.78. The Bertz CT molecular complexity index is 153. The van der Waals surface area contributed by atoms with Gasteiger partial charge in [0.15, 0.2) is 5.11 Å². The van der Waals surface area contributed by atoms with Crippen LogP contribution in [0, 0.1) is 0 Å². The standard InChI is InChI=1S/C6H10N2OS/c1-2-4-3-5(9)8-6(10)7-4/h4H,2-3H2,1H3,(H2,7,8,9,10). The number of amides is 1. The first-order chi connectivity index (χ1) is 4.72. The van der Waals surface area contributed by atoms with Gasteiger partial charge in [0.1, 0.15) is 0 Å². The maximum Gasteiger partial charge on any atom is 0.228 e. The van der Waals surface area contributed by atoms with Crippen LogP contribution in [0.15, 0.2) is 0 Å². The van der Waals surface area contributed by atoms with Crippen molar-refractivity contribution in [1.82, 2.24) is 10.6 Å². The van der Waals surface area contributed by atoms with Crippen molar-refractivity contribution in [3.8, 4) is 0 Å². The van der Waals surface area contributed by atoms with Crippen LogP contribution in [-0.4, -0.2) is 17.1 Å². The molecule has 0 spiro atoms. The molecule has 10 heavy (non-hydrogen) atoms. The molecule has 3 nitrogen and oxygen atoms in total. The van der Waals surface area contributed by atoms with E-state index in [4.69, 9.17) is 12.2 Å². The smallest absolute Gasteiger partial charge is 0.228 e. The van der Waals surface area contributed by atoms with Gasteiger partial charge >= 0.3 is 0 Å². The molecule has 0 radical (unpaired) electrons. The summed E-state index contributed by atoms with van der Waals surface area (Å²) in [4.78, 5) is 10.8. The molecule has 1 atom stereocenters. The lowest BCUT2D eigenvalue weighted by atomic mass is 10.1. The van der Waals surface area contributed by atoms with Crippen LogP contribution < -0.4 is 10.6 Å². The second-order valence-electron chi connectivity index (χ2n) is 2.33. The van der Waals surface area contributed by atoms with Crippen molar-refractivity contribution < 1.29 is 4.79 Å². The summed E-state index contributed by atoms with van der Waals surface area (Å²) in [6, 6.07) is 0.237. The topological polar surface area (TPSA) is 41.1 Å². The quantitative estimate of drug-likeness (QED) is 0.534. The predicted octanol–water partition coefficient (Wildman–Crippen LogP) is 0.159. The largest absolute Gasteiger partial charge is 0.359 e. The summed E-state index contributed by atoms with van der Waals surface area (Å²) in [5.41, 5.74) is 0. The fraction of sp³-hybridized carbons (Fsp3) is 0.667. The SMILES string of the molecule is CCC1CC(=O)NC(=S)N1. The van der Waals surface area contributed by atoms with Crippen LogP contribution in [0.1, 0.15) is 19.8 Å². The summed E-state index contributed by atoms with van der Waals surface area (Å²) in [6.07, 6.45) is 1.48. The first kappa shape index (κ1) is 7.47. The van der Waals surface area contributed by atoms with Crippen LogP contribution in [-0.2, 0) is 4.79 Å². The van der Waals surface area contributed by atoms with Crippen molar-refractivity contribution >= 4 is 23.2 Å². The summed E-state index contributed by atoms with van der Waals surface area (Å²) in [5, 5.41) is 5.98. The lowest BCUT2D eigenvalue weighted by molar-refractivity contribution is -0.120. The first-order valence-electron chi connectivity index (χ1n) is 3.32. The zero-order valence-corrected chi connectivity index (χ0v) is 6.62. The van der Waals surface area contributed by atoms with Gasteiger partial charge in [0, 0.05) is 12.5 Å². The normalized spacial score (nSPS) is 25.5. The molecule has 1 fully saturated rings. The molecule has 0 aromatic heterocycles. The van der Waals surface area contributed by atoms with Gasteiger partial charge in [-0.1, -0.05) is 6.92 Å². The molecule has 0 bridgehead atoms. The molecule has 2 N–H and O–H groups in total. The van der Waals surface area contributed by atoms with Gasteiger partial charge < -0.3 is 10.6 Å². The molecule has 1 heterocycles. The molecular formula is C6H10N2OS. The van der Waals surface area contributed by atoms with Crippen molar-refractivity contribution in [2.24, 2.45) is 0 Å². The average molecular weight is 158 g/mol. The van der Waals surface area contributed by atoms with E-state index in [0.29, 0.717) is 11.5 Å². The monoisotopic (exact) mass is 158 g/mol. The maximum absolute atomic E-state index is 10.8. The minimum atomic E-state index is 0.0237. The lowest BCUT2D eigenvalue weighted by Crippen LogP contribution is -2.51. The Labute approximate surface area is 65.2 Å². The third-order valence-electron chi connectivity index (χ3n) is 1.51. The molecule has 1 amide bonds. The van der Waals surface area contributed by atoms with Gasteiger partial charge in [0.2, 0.25) is 5.91 Å².